The van der Waals surface area contributed by atoms with Crippen LogP contribution >= 0.6 is 0 Å². The van der Waals surface area contributed by atoms with Crippen LogP contribution in [0.1, 0.15) is 38.4 Å². The standard InChI is InChI=1S/C14H22N4/c1-10-5-7-18(8-6-10)14-9-13(15-11(2)16-14)17-12-3-4-12/h9-10,12H,3-8H2,1-2H3,(H,15,16,17). The molecule has 18 heavy (non-hydrogen) atoms. The lowest BCUT2D eigenvalue weighted by Gasteiger charge is -2.31. The van der Waals surface area contributed by atoms with Crippen molar-refractivity contribution in [1.29, 1.82) is 0 Å². The minimum absolute atomic E-state index is 0.647. The molecule has 1 aliphatic heterocycles. The zero-order valence-electron chi connectivity index (χ0n) is 11.3. The van der Waals surface area contributed by atoms with Gasteiger partial charge in [-0.2, -0.15) is 0 Å². The topological polar surface area (TPSA) is 41.1 Å². The van der Waals surface area contributed by atoms with Gasteiger partial charge in [-0.15, -0.1) is 0 Å². The van der Waals surface area contributed by atoms with Crippen LogP contribution in [0.25, 0.3) is 0 Å². The van der Waals surface area contributed by atoms with E-state index in [9.17, 15) is 0 Å². The third-order valence-electron chi connectivity index (χ3n) is 3.86. The third-order valence-corrected chi connectivity index (χ3v) is 3.86. The largest absolute Gasteiger partial charge is 0.367 e. The Morgan fingerprint density at radius 1 is 1.17 bits per heavy atom. The van der Waals surface area contributed by atoms with E-state index in [-0.39, 0.29) is 0 Å². The summed E-state index contributed by atoms with van der Waals surface area (Å²) in [6, 6.07) is 2.76. The Labute approximate surface area is 109 Å². The quantitative estimate of drug-likeness (QED) is 0.890. The smallest absolute Gasteiger partial charge is 0.134 e. The van der Waals surface area contributed by atoms with Crippen molar-refractivity contribution in [3.05, 3.63) is 11.9 Å². The molecular weight excluding hydrogens is 224 g/mol. The van der Waals surface area contributed by atoms with Gasteiger partial charge in [0.25, 0.3) is 0 Å². The number of nitrogens with zero attached hydrogens (tertiary/aromatic N) is 3. The molecule has 0 unspecified atom stereocenters. The molecule has 4 heteroatoms. The van der Waals surface area contributed by atoms with Gasteiger partial charge in [-0.05, 0) is 38.5 Å². The third kappa shape index (κ3) is 2.74. The van der Waals surface area contributed by atoms with E-state index in [1.54, 1.807) is 0 Å². The lowest BCUT2D eigenvalue weighted by molar-refractivity contribution is 0.436. The maximum Gasteiger partial charge on any atom is 0.134 e. The van der Waals surface area contributed by atoms with Gasteiger partial charge in [0.1, 0.15) is 17.5 Å². The van der Waals surface area contributed by atoms with Crippen LogP contribution in [0.4, 0.5) is 11.6 Å². The van der Waals surface area contributed by atoms with Gasteiger partial charge in [-0.25, -0.2) is 9.97 Å². The minimum atomic E-state index is 0.647. The maximum atomic E-state index is 4.59. The summed E-state index contributed by atoms with van der Waals surface area (Å²) in [6.45, 7) is 6.57. The fraction of sp³-hybridized carbons (Fsp3) is 0.714. The number of nitrogens with one attached hydrogen (secondary N) is 1. The molecule has 0 radical (unpaired) electrons. The summed E-state index contributed by atoms with van der Waals surface area (Å²) >= 11 is 0. The predicted octanol–water partition coefficient (Wildman–Crippen LogP) is 2.60. The first kappa shape index (κ1) is 11.8. The molecule has 0 spiro atoms. The zero-order chi connectivity index (χ0) is 12.5. The normalized spacial score (nSPS) is 21.1. The molecule has 1 aliphatic carbocycles. The van der Waals surface area contributed by atoms with Crippen molar-refractivity contribution >= 4 is 11.6 Å². The highest BCUT2D eigenvalue weighted by Crippen LogP contribution is 2.27. The molecule has 98 valence electrons. The van der Waals surface area contributed by atoms with Crippen molar-refractivity contribution in [2.24, 2.45) is 5.92 Å². The molecule has 1 saturated heterocycles. The van der Waals surface area contributed by atoms with Gasteiger partial charge < -0.3 is 10.2 Å². The van der Waals surface area contributed by atoms with Gasteiger partial charge >= 0.3 is 0 Å². The Bertz CT molecular complexity index is 420. The summed E-state index contributed by atoms with van der Waals surface area (Å²) in [6.07, 6.45) is 5.10. The summed E-state index contributed by atoms with van der Waals surface area (Å²) in [4.78, 5) is 11.5. The number of hydrogen-bond donors (Lipinski definition) is 1. The molecule has 2 fully saturated rings. The van der Waals surface area contributed by atoms with Crippen LogP contribution in [0, 0.1) is 12.8 Å². The summed E-state index contributed by atoms with van der Waals surface area (Å²) in [5.74, 6) is 3.82. The van der Waals surface area contributed by atoms with Crippen LogP contribution in [0.15, 0.2) is 6.07 Å². The number of anilines is 2. The second kappa shape index (κ2) is 4.75. The molecule has 1 aromatic heterocycles. The highest BCUT2D eigenvalue weighted by molar-refractivity contribution is 5.50. The van der Waals surface area contributed by atoms with Crippen LogP contribution in [0.5, 0.6) is 0 Å². The first-order valence-corrected chi connectivity index (χ1v) is 7.08. The number of aromatic nitrogens is 2. The first-order valence-electron chi connectivity index (χ1n) is 7.08. The Morgan fingerprint density at radius 3 is 2.56 bits per heavy atom. The summed E-state index contributed by atoms with van der Waals surface area (Å²) in [7, 11) is 0. The SMILES string of the molecule is Cc1nc(NC2CC2)cc(N2CCC(C)CC2)n1. The van der Waals surface area contributed by atoms with Crippen LogP contribution < -0.4 is 10.2 Å². The van der Waals surface area contributed by atoms with Crippen LogP contribution in [0.3, 0.4) is 0 Å². The highest BCUT2D eigenvalue weighted by Gasteiger charge is 2.23. The minimum Gasteiger partial charge on any atom is -0.367 e. The number of hydrogen-bond acceptors (Lipinski definition) is 4. The van der Waals surface area contributed by atoms with Gasteiger partial charge in [0.15, 0.2) is 0 Å². The Morgan fingerprint density at radius 2 is 1.89 bits per heavy atom. The highest BCUT2D eigenvalue weighted by atomic mass is 15.2. The predicted molar refractivity (Wildman–Crippen MR) is 74.0 cm³/mol. The lowest BCUT2D eigenvalue weighted by atomic mass is 9.99. The van der Waals surface area contributed by atoms with Crippen molar-refractivity contribution < 1.29 is 0 Å². The molecule has 2 heterocycles. The number of piperidine rings is 1. The average molecular weight is 246 g/mol. The summed E-state index contributed by atoms with van der Waals surface area (Å²) < 4.78 is 0. The molecule has 1 aromatic rings. The molecule has 3 rings (SSSR count). The van der Waals surface area contributed by atoms with Gasteiger partial charge in [-0.1, -0.05) is 6.92 Å². The molecule has 0 amide bonds. The van der Waals surface area contributed by atoms with Crippen LogP contribution in [0.2, 0.25) is 0 Å². The molecule has 1 N–H and O–H groups in total. The zero-order valence-corrected chi connectivity index (χ0v) is 11.3. The van der Waals surface area contributed by atoms with E-state index < -0.39 is 0 Å². The summed E-state index contributed by atoms with van der Waals surface area (Å²) in [5.41, 5.74) is 0. The average Bonchev–Trinajstić information content (AvgIpc) is 3.13. The van der Waals surface area contributed by atoms with E-state index in [0.717, 1.165) is 36.5 Å². The Balaban J connectivity index is 1.75. The van der Waals surface area contributed by atoms with Crippen molar-refractivity contribution in [3.63, 3.8) is 0 Å². The van der Waals surface area contributed by atoms with Crippen LogP contribution in [-0.2, 0) is 0 Å². The molecule has 0 bridgehead atoms. The molecule has 2 aliphatic rings. The second-order valence-corrected chi connectivity index (χ2v) is 5.75. The van der Waals surface area contributed by atoms with E-state index in [4.69, 9.17) is 0 Å². The van der Waals surface area contributed by atoms with E-state index in [1.807, 2.05) is 6.92 Å². The molecule has 1 saturated carbocycles. The van der Waals surface area contributed by atoms with Gasteiger partial charge in [0, 0.05) is 25.2 Å². The van der Waals surface area contributed by atoms with Gasteiger partial charge in [0.2, 0.25) is 0 Å². The van der Waals surface area contributed by atoms with Crippen molar-refractivity contribution in [1.82, 2.24) is 9.97 Å². The van der Waals surface area contributed by atoms with E-state index >= 15 is 0 Å². The van der Waals surface area contributed by atoms with Gasteiger partial charge in [0.05, 0.1) is 0 Å². The fourth-order valence-electron chi connectivity index (χ4n) is 2.46. The fourth-order valence-corrected chi connectivity index (χ4v) is 2.46. The van der Waals surface area contributed by atoms with Gasteiger partial charge in [-0.3, -0.25) is 0 Å². The summed E-state index contributed by atoms with van der Waals surface area (Å²) in [5, 5.41) is 3.47. The Hall–Kier alpha value is -1.32. The van der Waals surface area contributed by atoms with Crippen molar-refractivity contribution in [2.45, 2.75) is 45.6 Å². The molecule has 4 nitrogen and oxygen atoms in total. The van der Waals surface area contributed by atoms with Crippen LogP contribution in [-0.4, -0.2) is 29.1 Å². The molecule has 0 aromatic carbocycles. The van der Waals surface area contributed by atoms with E-state index in [1.165, 1.54) is 25.7 Å². The van der Waals surface area contributed by atoms with Crippen molar-refractivity contribution in [3.8, 4) is 0 Å². The van der Waals surface area contributed by atoms with E-state index in [0.29, 0.717) is 6.04 Å². The van der Waals surface area contributed by atoms with Crippen molar-refractivity contribution in [2.75, 3.05) is 23.3 Å². The second-order valence-electron chi connectivity index (χ2n) is 5.75. The lowest BCUT2D eigenvalue weighted by Crippen LogP contribution is -2.33. The monoisotopic (exact) mass is 246 g/mol. The maximum absolute atomic E-state index is 4.59. The molecular formula is C14H22N4. The van der Waals surface area contributed by atoms with E-state index in [2.05, 4.69) is 33.2 Å². The first-order chi connectivity index (χ1) is 8.70. The molecule has 0 atom stereocenters. The number of rotatable bonds is 3. The number of aryl methyl sites for hydroxylation is 1. The Kier molecular flexibility index (Phi) is 3.10.